The van der Waals surface area contributed by atoms with E-state index in [0.717, 1.165) is 22.9 Å². The minimum Gasteiger partial charge on any atom is -0.482 e. The summed E-state index contributed by atoms with van der Waals surface area (Å²) in [5, 5.41) is 10.2. The van der Waals surface area contributed by atoms with Gasteiger partial charge in [0.15, 0.2) is 6.61 Å². The summed E-state index contributed by atoms with van der Waals surface area (Å²) in [6.45, 7) is 5.80. The summed E-state index contributed by atoms with van der Waals surface area (Å²) in [5.74, 6) is 1.13. The first-order chi connectivity index (χ1) is 12.8. The molecule has 0 unspecified atom stereocenters. The van der Waals surface area contributed by atoms with E-state index < -0.39 is 12.6 Å². The maximum absolute atomic E-state index is 10.6. The molecule has 0 bridgehead atoms. The molecular weight excluding hydrogens is 366 g/mol. The van der Waals surface area contributed by atoms with Crippen LogP contribution in [0.4, 0.5) is 0 Å². The van der Waals surface area contributed by atoms with E-state index in [1.54, 1.807) is 12.1 Å². The van der Waals surface area contributed by atoms with Gasteiger partial charge in [-0.3, -0.25) is 0 Å². The molecule has 2 aromatic carbocycles. The molecule has 3 aromatic rings. The lowest BCUT2D eigenvalue weighted by molar-refractivity contribution is -0.139. The van der Waals surface area contributed by atoms with Crippen LogP contribution in [0.15, 0.2) is 36.5 Å². The minimum atomic E-state index is -1.04. The van der Waals surface area contributed by atoms with Crippen molar-refractivity contribution in [1.82, 2.24) is 4.98 Å². The number of ether oxygens (including phenoxy) is 2. The number of rotatable bonds is 7. The van der Waals surface area contributed by atoms with E-state index in [0.29, 0.717) is 28.2 Å². The van der Waals surface area contributed by atoms with Crippen molar-refractivity contribution >= 4 is 28.5 Å². The Morgan fingerprint density at radius 2 is 2.00 bits per heavy atom. The molecule has 0 atom stereocenters. The normalized spacial score (nSPS) is 11.1. The molecule has 0 aliphatic rings. The standard InChI is InChI=1S/C21H22ClNO4/c1-12(2)6-14-10-23-19-5-4-15(8-17(14)19)27-21-13(3)7-16(9-18(21)22)26-11-20(24)25/h4-5,7-10,12,23H,6,11H2,1-3H3,(H,24,25). The molecule has 0 amide bonds. The Labute approximate surface area is 162 Å². The number of hydrogen-bond donors (Lipinski definition) is 2. The van der Waals surface area contributed by atoms with Crippen molar-refractivity contribution in [3.05, 3.63) is 52.7 Å². The average molecular weight is 388 g/mol. The maximum atomic E-state index is 10.6. The first-order valence-corrected chi connectivity index (χ1v) is 9.14. The highest BCUT2D eigenvalue weighted by Gasteiger charge is 2.13. The fourth-order valence-corrected chi connectivity index (χ4v) is 3.30. The average Bonchev–Trinajstić information content (AvgIpc) is 2.98. The van der Waals surface area contributed by atoms with E-state index in [4.69, 9.17) is 26.2 Å². The van der Waals surface area contributed by atoms with Crippen molar-refractivity contribution < 1.29 is 19.4 Å². The predicted molar refractivity (Wildman–Crippen MR) is 106 cm³/mol. The molecule has 0 saturated heterocycles. The summed E-state index contributed by atoms with van der Waals surface area (Å²) in [7, 11) is 0. The first kappa shape index (κ1) is 19.1. The van der Waals surface area contributed by atoms with Crippen LogP contribution in [0, 0.1) is 12.8 Å². The fourth-order valence-electron chi connectivity index (χ4n) is 3.00. The van der Waals surface area contributed by atoms with Crippen molar-refractivity contribution in [3.63, 3.8) is 0 Å². The van der Waals surface area contributed by atoms with Gasteiger partial charge in [0.05, 0.1) is 5.02 Å². The molecule has 5 nitrogen and oxygen atoms in total. The molecule has 3 rings (SSSR count). The number of hydrogen-bond acceptors (Lipinski definition) is 3. The van der Waals surface area contributed by atoms with Gasteiger partial charge in [0.2, 0.25) is 0 Å². The van der Waals surface area contributed by atoms with Gasteiger partial charge in [0.25, 0.3) is 0 Å². The highest BCUT2D eigenvalue weighted by Crippen LogP contribution is 2.37. The first-order valence-electron chi connectivity index (χ1n) is 8.76. The second-order valence-electron chi connectivity index (χ2n) is 6.95. The monoisotopic (exact) mass is 387 g/mol. The Kier molecular flexibility index (Phi) is 5.61. The Balaban J connectivity index is 1.87. The topological polar surface area (TPSA) is 71.6 Å². The third kappa shape index (κ3) is 4.55. The number of aliphatic carboxylic acids is 1. The van der Waals surface area contributed by atoms with Crippen LogP contribution in [0.25, 0.3) is 10.9 Å². The van der Waals surface area contributed by atoms with Crippen LogP contribution in [0.1, 0.15) is 25.0 Å². The molecule has 0 fully saturated rings. The number of halogens is 1. The molecule has 1 heterocycles. The number of aromatic amines is 1. The number of benzene rings is 2. The third-order valence-corrected chi connectivity index (χ3v) is 4.43. The van der Waals surface area contributed by atoms with Gasteiger partial charge in [0.1, 0.15) is 17.2 Å². The number of aromatic nitrogens is 1. The van der Waals surface area contributed by atoms with Gasteiger partial charge in [-0.05, 0) is 54.7 Å². The molecule has 1 aromatic heterocycles. The molecular formula is C21H22ClNO4. The smallest absolute Gasteiger partial charge is 0.341 e. The van der Waals surface area contributed by atoms with E-state index in [-0.39, 0.29) is 0 Å². The van der Waals surface area contributed by atoms with Gasteiger partial charge in [-0.1, -0.05) is 25.4 Å². The van der Waals surface area contributed by atoms with Gasteiger partial charge in [0, 0.05) is 23.2 Å². The van der Waals surface area contributed by atoms with Crippen LogP contribution >= 0.6 is 11.6 Å². The highest BCUT2D eigenvalue weighted by molar-refractivity contribution is 6.32. The van der Waals surface area contributed by atoms with Gasteiger partial charge in [-0.25, -0.2) is 4.79 Å². The van der Waals surface area contributed by atoms with Gasteiger partial charge in [-0.15, -0.1) is 0 Å². The third-order valence-electron chi connectivity index (χ3n) is 4.15. The number of carboxylic acids is 1. The zero-order valence-electron chi connectivity index (χ0n) is 15.5. The lowest BCUT2D eigenvalue weighted by atomic mass is 10.0. The Morgan fingerprint density at radius 1 is 1.22 bits per heavy atom. The van der Waals surface area contributed by atoms with E-state index >= 15 is 0 Å². The van der Waals surface area contributed by atoms with Crippen molar-refractivity contribution in [2.75, 3.05) is 6.61 Å². The number of nitrogens with one attached hydrogen (secondary N) is 1. The summed E-state index contributed by atoms with van der Waals surface area (Å²) in [4.78, 5) is 13.9. The van der Waals surface area contributed by atoms with Gasteiger partial charge < -0.3 is 19.6 Å². The van der Waals surface area contributed by atoms with Crippen molar-refractivity contribution in [2.45, 2.75) is 27.2 Å². The molecule has 2 N–H and O–H groups in total. The molecule has 0 aliphatic carbocycles. The van der Waals surface area contributed by atoms with E-state index in [9.17, 15) is 4.79 Å². The molecule has 142 valence electrons. The quantitative estimate of drug-likeness (QED) is 0.554. The summed E-state index contributed by atoms with van der Waals surface area (Å²) in [5.41, 5.74) is 3.09. The Morgan fingerprint density at radius 3 is 2.67 bits per heavy atom. The van der Waals surface area contributed by atoms with E-state index in [1.165, 1.54) is 5.56 Å². The summed E-state index contributed by atoms with van der Waals surface area (Å²) in [6, 6.07) is 9.16. The van der Waals surface area contributed by atoms with Crippen molar-refractivity contribution in [1.29, 1.82) is 0 Å². The number of carbonyl (C=O) groups is 1. The predicted octanol–water partition coefficient (Wildman–Crippen LogP) is 5.58. The van der Waals surface area contributed by atoms with Crippen LogP contribution < -0.4 is 9.47 Å². The van der Waals surface area contributed by atoms with E-state index in [1.807, 2.05) is 31.3 Å². The second-order valence-corrected chi connectivity index (χ2v) is 7.36. The Bertz CT molecular complexity index is 954. The van der Waals surface area contributed by atoms with Crippen LogP contribution in [-0.2, 0) is 11.2 Å². The fraction of sp³-hybridized carbons (Fsp3) is 0.286. The van der Waals surface area contributed by atoms with Crippen molar-refractivity contribution in [3.8, 4) is 17.2 Å². The molecule has 27 heavy (non-hydrogen) atoms. The zero-order chi connectivity index (χ0) is 19.6. The largest absolute Gasteiger partial charge is 0.482 e. The summed E-state index contributed by atoms with van der Waals surface area (Å²) < 4.78 is 11.2. The maximum Gasteiger partial charge on any atom is 0.341 e. The minimum absolute atomic E-state index is 0.368. The second kappa shape index (κ2) is 7.92. The molecule has 6 heteroatoms. The van der Waals surface area contributed by atoms with Gasteiger partial charge >= 0.3 is 5.97 Å². The molecule has 0 aliphatic heterocycles. The van der Waals surface area contributed by atoms with Crippen LogP contribution in [-0.4, -0.2) is 22.7 Å². The summed E-state index contributed by atoms with van der Waals surface area (Å²) in [6.07, 6.45) is 3.03. The molecule has 0 radical (unpaired) electrons. The van der Waals surface area contributed by atoms with Crippen LogP contribution in [0.2, 0.25) is 5.02 Å². The lowest BCUT2D eigenvalue weighted by Gasteiger charge is -2.13. The van der Waals surface area contributed by atoms with Crippen LogP contribution in [0.3, 0.4) is 0 Å². The Hall–Kier alpha value is -2.66. The lowest BCUT2D eigenvalue weighted by Crippen LogP contribution is -2.09. The number of carboxylic acid groups (broad SMARTS) is 1. The van der Waals surface area contributed by atoms with Gasteiger partial charge in [-0.2, -0.15) is 0 Å². The zero-order valence-corrected chi connectivity index (χ0v) is 16.3. The number of H-pyrrole nitrogens is 1. The highest BCUT2D eigenvalue weighted by atomic mass is 35.5. The van der Waals surface area contributed by atoms with Crippen LogP contribution in [0.5, 0.6) is 17.2 Å². The number of aryl methyl sites for hydroxylation is 1. The summed E-state index contributed by atoms with van der Waals surface area (Å²) >= 11 is 6.34. The number of fused-ring (bicyclic) bond motifs is 1. The SMILES string of the molecule is Cc1cc(OCC(=O)O)cc(Cl)c1Oc1ccc2[nH]cc(CC(C)C)c2c1. The molecule has 0 saturated carbocycles. The molecule has 0 spiro atoms. The van der Waals surface area contributed by atoms with E-state index in [2.05, 4.69) is 18.8 Å². The van der Waals surface area contributed by atoms with Crippen molar-refractivity contribution in [2.24, 2.45) is 5.92 Å².